The molecule has 4 rings (SSSR count). The van der Waals surface area contributed by atoms with Crippen LogP contribution in [0.15, 0.2) is 60.9 Å². The minimum absolute atomic E-state index is 0.0684. The third-order valence-electron chi connectivity index (χ3n) is 7.18. The van der Waals surface area contributed by atoms with Gasteiger partial charge in [0.05, 0.1) is 13.3 Å². The molecule has 36 heavy (non-hydrogen) atoms. The Hall–Kier alpha value is -3.85. The SMILES string of the molecule is CNC(=O)N1CCC(CN(C=O)c2ccc(-c3cn[nH]c3)cc2)(N(C)Cc2cccc(OC)c2)CC1. The summed E-state index contributed by atoms with van der Waals surface area (Å²) in [5.74, 6) is 0.816. The zero-order valence-electron chi connectivity index (χ0n) is 21.1. The number of amides is 3. The van der Waals surface area contributed by atoms with E-state index < -0.39 is 0 Å². The minimum atomic E-state index is -0.308. The molecule has 0 radical (unpaired) electrons. The van der Waals surface area contributed by atoms with Crippen LogP contribution in [-0.2, 0) is 11.3 Å². The summed E-state index contributed by atoms with van der Waals surface area (Å²) in [7, 11) is 5.42. The van der Waals surface area contributed by atoms with Crippen LogP contribution in [0.4, 0.5) is 10.5 Å². The number of benzene rings is 2. The Kier molecular flexibility index (Phi) is 7.90. The number of carbonyl (C=O) groups excluding carboxylic acids is 2. The highest BCUT2D eigenvalue weighted by atomic mass is 16.5. The number of nitrogens with one attached hydrogen (secondary N) is 2. The number of likely N-dealkylation sites (N-methyl/N-ethyl adjacent to an activating group) is 1. The number of urea groups is 1. The molecule has 0 unspecified atom stereocenters. The first-order valence-corrected chi connectivity index (χ1v) is 12.1. The molecule has 3 aromatic rings. The number of methoxy groups -OCH3 is 1. The van der Waals surface area contributed by atoms with E-state index in [4.69, 9.17) is 4.74 Å². The number of piperidine rings is 1. The quantitative estimate of drug-likeness (QED) is 0.449. The molecule has 0 atom stereocenters. The first-order valence-electron chi connectivity index (χ1n) is 12.1. The van der Waals surface area contributed by atoms with Crippen molar-refractivity contribution in [2.24, 2.45) is 0 Å². The number of aromatic amines is 1. The van der Waals surface area contributed by atoms with Crippen molar-refractivity contribution in [2.75, 3.05) is 45.7 Å². The van der Waals surface area contributed by atoms with Crippen LogP contribution in [0, 0.1) is 0 Å². The molecule has 0 bridgehead atoms. The second-order valence-corrected chi connectivity index (χ2v) is 9.24. The summed E-state index contributed by atoms with van der Waals surface area (Å²) in [6, 6.07) is 15.9. The summed E-state index contributed by atoms with van der Waals surface area (Å²) in [5.41, 5.74) is 3.68. The number of nitrogens with zero attached hydrogens (tertiary/aromatic N) is 4. The maximum atomic E-state index is 12.3. The molecule has 1 aliphatic heterocycles. The highest BCUT2D eigenvalue weighted by Gasteiger charge is 2.40. The summed E-state index contributed by atoms with van der Waals surface area (Å²) < 4.78 is 5.41. The van der Waals surface area contributed by atoms with Gasteiger partial charge >= 0.3 is 6.03 Å². The van der Waals surface area contributed by atoms with Gasteiger partial charge in [0.2, 0.25) is 6.41 Å². The highest BCUT2D eigenvalue weighted by molar-refractivity contribution is 5.77. The van der Waals surface area contributed by atoms with Gasteiger partial charge in [-0.3, -0.25) is 14.8 Å². The topological polar surface area (TPSA) is 93.8 Å². The van der Waals surface area contributed by atoms with E-state index in [9.17, 15) is 9.59 Å². The van der Waals surface area contributed by atoms with Gasteiger partial charge < -0.3 is 19.9 Å². The smallest absolute Gasteiger partial charge is 0.317 e. The predicted molar refractivity (Wildman–Crippen MR) is 140 cm³/mol. The number of hydrogen-bond acceptors (Lipinski definition) is 5. The van der Waals surface area contributed by atoms with Crippen molar-refractivity contribution in [3.05, 3.63) is 66.5 Å². The van der Waals surface area contributed by atoms with Crippen molar-refractivity contribution in [1.29, 1.82) is 0 Å². The normalized spacial score (nSPS) is 14.9. The highest BCUT2D eigenvalue weighted by Crippen LogP contribution is 2.33. The van der Waals surface area contributed by atoms with Gasteiger partial charge in [-0.05, 0) is 55.3 Å². The summed E-state index contributed by atoms with van der Waals surface area (Å²) in [6.45, 7) is 2.45. The summed E-state index contributed by atoms with van der Waals surface area (Å²) in [5, 5.41) is 9.56. The zero-order valence-corrected chi connectivity index (χ0v) is 21.1. The average Bonchev–Trinajstić information content (AvgIpc) is 3.47. The molecule has 2 heterocycles. The molecule has 2 N–H and O–H groups in total. The standard InChI is InChI=1S/C27H34N6O3/c1-28-26(35)32-13-11-27(12-14-32,31(2)18-21-5-4-6-25(15-21)36-3)19-33(20-34)24-9-7-22(8-10-24)23-16-29-30-17-23/h4-10,15-17,20H,11-14,18-19H2,1-3H3,(H,28,35)(H,29,30). The number of ether oxygens (including phenoxy) is 1. The molecule has 1 fully saturated rings. The fourth-order valence-electron chi connectivity index (χ4n) is 4.92. The maximum Gasteiger partial charge on any atom is 0.317 e. The Balaban J connectivity index is 1.57. The van der Waals surface area contributed by atoms with Crippen molar-refractivity contribution in [3.8, 4) is 16.9 Å². The van der Waals surface area contributed by atoms with E-state index in [0.717, 1.165) is 47.4 Å². The molecule has 1 aliphatic rings. The van der Waals surface area contributed by atoms with Crippen molar-refractivity contribution < 1.29 is 14.3 Å². The molecule has 2 aromatic carbocycles. The third kappa shape index (κ3) is 5.52. The number of aromatic nitrogens is 2. The van der Waals surface area contributed by atoms with Gasteiger partial charge in [-0.25, -0.2) is 4.79 Å². The summed E-state index contributed by atoms with van der Waals surface area (Å²) in [4.78, 5) is 30.5. The molecular formula is C27H34N6O3. The second kappa shape index (κ2) is 11.3. The van der Waals surface area contributed by atoms with Crippen LogP contribution in [-0.4, -0.2) is 78.8 Å². The molecule has 190 valence electrons. The number of carbonyl (C=O) groups is 2. The average molecular weight is 491 g/mol. The number of hydrogen-bond donors (Lipinski definition) is 2. The lowest BCUT2D eigenvalue weighted by atomic mass is 9.84. The van der Waals surface area contributed by atoms with Gasteiger partial charge in [-0.2, -0.15) is 5.10 Å². The lowest BCUT2D eigenvalue weighted by molar-refractivity contribution is -0.108. The first kappa shape index (κ1) is 25.2. The largest absolute Gasteiger partial charge is 0.497 e. The van der Waals surface area contributed by atoms with Gasteiger partial charge in [-0.15, -0.1) is 0 Å². The Morgan fingerprint density at radius 2 is 1.94 bits per heavy atom. The molecule has 0 aliphatic carbocycles. The van der Waals surface area contributed by atoms with Gasteiger partial charge in [0.15, 0.2) is 0 Å². The number of anilines is 1. The van der Waals surface area contributed by atoms with Crippen molar-refractivity contribution in [3.63, 3.8) is 0 Å². The Morgan fingerprint density at radius 3 is 2.56 bits per heavy atom. The molecule has 0 spiro atoms. The van der Waals surface area contributed by atoms with E-state index in [2.05, 4.69) is 33.5 Å². The van der Waals surface area contributed by atoms with Gasteiger partial charge in [0.25, 0.3) is 0 Å². The fourth-order valence-corrected chi connectivity index (χ4v) is 4.92. The second-order valence-electron chi connectivity index (χ2n) is 9.24. The Bertz CT molecular complexity index is 1140. The fraction of sp³-hybridized carbons (Fsp3) is 0.370. The molecule has 0 saturated carbocycles. The van der Waals surface area contributed by atoms with Crippen LogP contribution < -0.4 is 15.0 Å². The number of likely N-dealkylation sites (tertiary alicyclic amines) is 1. The van der Waals surface area contributed by atoms with E-state index in [1.54, 1.807) is 25.3 Å². The van der Waals surface area contributed by atoms with Crippen LogP contribution in [0.1, 0.15) is 18.4 Å². The van der Waals surface area contributed by atoms with E-state index in [1.807, 2.05) is 53.6 Å². The monoisotopic (exact) mass is 490 g/mol. The maximum absolute atomic E-state index is 12.3. The van der Waals surface area contributed by atoms with Crippen molar-refractivity contribution in [1.82, 2.24) is 25.3 Å². The van der Waals surface area contributed by atoms with Crippen LogP contribution in [0.25, 0.3) is 11.1 Å². The molecule has 9 heteroatoms. The molecule has 1 aromatic heterocycles. The lowest BCUT2D eigenvalue weighted by Gasteiger charge is -2.49. The lowest BCUT2D eigenvalue weighted by Crippen LogP contribution is -2.60. The first-order chi connectivity index (χ1) is 17.5. The van der Waals surface area contributed by atoms with Crippen molar-refractivity contribution in [2.45, 2.75) is 24.9 Å². The Morgan fingerprint density at radius 1 is 1.19 bits per heavy atom. The molecular weight excluding hydrogens is 456 g/mol. The minimum Gasteiger partial charge on any atom is -0.497 e. The Labute approximate surface area is 212 Å². The van der Waals surface area contributed by atoms with Crippen LogP contribution in [0.3, 0.4) is 0 Å². The summed E-state index contributed by atoms with van der Waals surface area (Å²) >= 11 is 0. The third-order valence-corrected chi connectivity index (χ3v) is 7.18. The van der Waals surface area contributed by atoms with E-state index in [1.165, 1.54) is 0 Å². The van der Waals surface area contributed by atoms with E-state index >= 15 is 0 Å². The number of H-pyrrole nitrogens is 1. The van der Waals surface area contributed by atoms with Crippen LogP contribution in [0.2, 0.25) is 0 Å². The number of rotatable bonds is 9. The van der Waals surface area contributed by atoms with Crippen LogP contribution >= 0.6 is 0 Å². The summed E-state index contributed by atoms with van der Waals surface area (Å²) in [6.07, 6.45) is 6.01. The molecule has 3 amide bonds. The zero-order chi connectivity index (χ0) is 25.5. The van der Waals surface area contributed by atoms with Gasteiger partial charge in [0, 0.05) is 56.2 Å². The predicted octanol–water partition coefficient (Wildman–Crippen LogP) is 3.35. The van der Waals surface area contributed by atoms with E-state index in [0.29, 0.717) is 26.2 Å². The molecule has 9 nitrogen and oxygen atoms in total. The van der Waals surface area contributed by atoms with Gasteiger partial charge in [0.1, 0.15) is 5.75 Å². The molecule has 1 saturated heterocycles. The van der Waals surface area contributed by atoms with Crippen molar-refractivity contribution >= 4 is 18.1 Å². The van der Waals surface area contributed by atoms with Gasteiger partial charge in [-0.1, -0.05) is 24.3 Å². The van der Waals surface area contributed by atoms with Crippen LogP contribution in [0.5, 0.6) is 5.75 Å². The van der Waals surface area contributed by atoms with E-state index in [-0.39, 0.29) is 11.6 Å².